The molecule has 1 aromatic carbocycles. The molecule has 0 aliphatic carbocycles. The van der Waals surface area contributed by atoms with Gasteiger partial charge in [0.2, 0.25) is 0 Å². The normalized spacial score (nSPS) is 18.3. The van der Waals surface area contributed by atoms with Gasteiger partial charge in [-0.2, -0.15) is 4.31 Å². The van der Waals surface area contributed by atoms with Crippen LogP contribution in [0.4, 0.5) is 4.79 Å². The topological polar surface area (TPSA) is 96.0 Å². The number of ether oxygens (including phenoxy) is 1. The van der Waals surface area contributed by atoms with E-state index in [2.05, 4.69) is 5.32 Å². The lowest BCUT2D eigenvalue weighted by Gasteiger charge is -2.31. The molecule has 3 heterocycles. The molecule has 1 N–H and O–H groups in total. The number of sulfonamides is 1. The smallest absolute Gasteiger partial charge is 0.317 e. The number of morpholine rings is 1. The second-order valence-corrected chi connectivity index (χ2v) is 11.7. The minimum Gasteiger partial charge on any atom is -0.379 e. The molecule has 2 aliphatic rings. The summed E-state index contributed by atoms with van der Waals surface area (Å²) in [5.41, 5.74) is 1.85. The number of nitrogens with one attached hydrogen (secondary N) is 1. The van der Waals surface area contributed by atoms with Gasteiger partial charge in [0, 0.05) is 42.5 Å². The first-order valence-electron chi connectivity index (χ1n) is 11.1. The van der Waals surface area contributed by atoms with Crippen LogP contribution in [-0.4, -0.2) is 68.8 Å². The first kappa shape index (κ1) is 23.9. The molecule has 2 amide bonds. The predicted octanol–water partition coefficient (Wildman–Crippen LogP) is 2.88. The molecule has 0 atom stereocenters. The summed E-state index contributed by atoms with van der Waals surface area (Å²) in [5, 5.41) is 2.88. The number of carbonyl (C=O) groups excluding carboxylic acids is 2. The minimum absolute atomic E-state index is 0.0676. The number of Topliss-reactive ketones (excluding diaryl/α,β-unsaturated/α-hetero) is 1. The van der Waals surface area contributed by atoms with Gasteiger partial charge in [-0.1, -0.05) is 29.8 Å². The van der Waals surface area contributed by atoms with Gasteiger partial charge in [-0.15, -0.1) is 11.3 Å². The molecule has 0 bridgehead atoms. The number of rotatable bonds is 6. The molecule has 4 rings (SSSR count). The summed E-state index contributed by atoms with van der Waals surface area (Å²) in [6.45, 7) is 4.82. The third kappa shape index (κ3) is 5.63. The SMILES string of the molecule is Cc1ccc(C(=O)C2CCN(C(=O)NCc3ccc(S(=O)(=O)N4CCOCC4)s3)CC2)cc1. The molecule has 0 radical (unpaired) electrons. The molecule has 2 fully saturated rings. The summed E-state index contributed by atoms with van der Waals surface area (Å²) in [5.74, 6) is 0.0738. The van der Waals surface area contributed by atoms with E-state index in [1.807, 2.05) is 31.2 Å². The lowest BCUT2D eigenvalue weighted by molar-refractivity contribution is 0.0731. The van der Waals surface area contributed by atoms with Crippen molar-refractivity contribution >= 4 is 33.2 Å². The van der Waals surface area contributed by atoms with Crippen LogP contribution in [-0.2, 0) is 21.3 Å². The first-order valence-corrected chi connectivity index (χ1v) is 13.4. The van der Waals surface area contributed by atoms with Gasteiger partial charge in [0.25, 0.3) is 10.0 Å². The van der Waals surface area contributed by atoms with Crippen LogP contribution in [0.1, 0.15) is 33.6 Å². The number of aryl methyl sites for hydroxylation is 1. The molecule has 8 nitrogen and oxygen atoms in total. The Morgan fingerprint density at radius 3 is 2.36 bits per heavy atom. The summed E-state index contributed by atoms with van der Waals surface area (Å²) in [4.78, 5) is 27.8. The van der Waals surface area contributed by atoms with Crippen molar-refractivity contribution < 1.29 is 22.7 Å². The summed E-state index contributed by atoms with van der Waals surface area (Å²) in [7, 11) is -3.52. The fourth-order valence-corrected chi connectivity index (χ4v) is 6.94. The van der Waals surface area contributed by atoms with E-state index < -0.39 is 10.0 Å². The van der Waals surface area contributed by atoms with Crippen LogP contribution >= 0.6 is 11.3 Å². The van der Waals surface area contributed by atoms with E-state index in [0.29, 0.717) is 52.2 Å². The zero-order valence-electron chi connectivity index (χ0n) is 18.7. The van der Waals surface area contributed by atoms with Crippen molar-refractivity contribution in [3.8, 4) is 0 Å². The number of hydrogen-bond acceptors (Lipinski definition) is 6. The highest BCUT2D eigenvalue weighted by atomic mass is 32.2. The van der Waals surface area contributed by atoms with E-state index in [1.54, 1.807) is 17.0 Å². The maximum Gasteiger partial charge on any atom is 0.317 e. The average molecular weight is 492 g/mol. The van der Waals surface area contributed by atoms with Crippen molar-refractivity contribution in [2.24, 2.45) is 5.92 Å². The number of benzene rings is 1. The van der Waals surface area contributed by atoms with E-state index in [4.69, 9.17) is 4.74 Å². The Morgan fingerprint density at radius 2 is 1.70 bits per heavy atom. The van der Waals surface area contributed by atoms with Gasteiger partial charge in [0.15, 0.2) is 5.78 Å². The van der Waals surface area contributed by atoms with Crippen molar-refractivity contribution in [2.45, 2.75) is 30.5 Å². The number of ketones is 1. The zero-order chi connectivity index (χ0) is 23.4. The Morgan fingerprint density at radius 1 is 1.03 bits per heavy atom. The first-order chi connectivity index (χ1) is 15.8. The Balaban J connectivity index is 1.26. The molecule has 2 saturated heterocycles. The molecular formula is C23H29N3O5S2. The van der Waals surface area contributed by atoms with Gasteiger partial charge in [-0.3, -0.25) is 4.79 Å². The van der Waals surface area contributed by atoms with Crippen molar-refractivity contribution in [1.82, 2.24) is 14.5 Å². The number of carbonyl (C=O) groups is 2. The third-order valence-electron chi connectivity index (χ3n) is 6.10. The van der Waals surface area contributed by atoms with E-state index >= 15 is 0 Å². The Bertz CT molecular complexity index is 1080. The average Bonchev–Trinajstić information content (AvgIpc) is 3.33. The Hall–Kier alpha value is -2.27. The van der Waals surface area contributed by atoms with Gasteiger partial charge in [-0.25, -0.2) is 13.2 Å². The van der Waals surface area contributed by atoms with Crippen molar-refractivity contribution in [2.75, 3.05) is 39.4 Å². The standard InChI is InChI=1S/C23H29N3O5S2/c1-17-2-4-18(5-3-17)22(27)19-8-10-25(11-9-19)23(28)24-16-20-6-7-21(32-20)33(29,30)26-12-14-31-15-13-26/h2-7,19H,8-16H2,1H3,(H,24,28). The number of likely N-dealkylation sites (tertiary alicyclic amines) is 1. The molecule has 0 spiro atoms. The number of hydrogen-bond donors (Lipinski definition) is 1. The quantitative estimate of drug-likeness (QED) is 0.627. The van der Waals surface area contributed by atoms with Gasteiger partial charge in [-0.05, 0) is 31.9 Å². The maximum absolute atomic E-state index is 12.7. The van der Waals surface area contributed by atoms with Crippen molar-refractivity contribution in [3.63, 3.8) is 0 Å². The second kappa shape index (κ2) is 10.3. The van der Waals surface area contributed by atoms with Crippen LogP contribution in [0.2, 0.25) is 0 Å². The van der Waals surface area contributed by atoms with Crippen LogP contribution in [0.5, 0.6) is 0 Å². The summed E-state index contributed by atoms with van der Waals surface area (Å²) < 4.78 is 32.4. The number of amides is 2. The fourth-order valence-electron chi connectivity index (χ4n) is 4.08. The lowest BCUT2D eigenvalue weighted by atomic mass is 9.89. The Kier molecular flexibility index (Phi) is 7.48. The fraction of sp³-hybridized carbons (Fsp3) is 0.478. The zero-order valence-corrected chi connectivity index (χ0v) is 20.3. The van der Waals surface area contributed by atoms with E-state index in [-0.39, 0.29) is 28.5 Å². The highest BCUT2D eigenvalue weighted by molar-refractivity contribution is 7.91. The second-order valence-electron chi connectivity index (χ2n) is 8.39. The van der Waals surface area contributed by atoms with Crippen molar-refractivity contribution in [1.29, 1.82) is 0 Å². The lowest BCUT2D eigenvalue weighted by Crippen LogP contribution is -2.45. The number of thiophene rings is 1. The van der Waals surface area contributed by atoms with Gasteiger partial charge in [0.05, 0.1) is 19.8 Å². The molecule has 0 saturated carbocycles. The summed E-state index contributed by atoms with van der Waals surface area (Å²) >= 11 is 1.18. The largest absolute Gasteiger partial charge is 0.379 e. The molecule has 10 heteroatoms. The van der Waals surface area contributed by atoms with E-state index in [1.165, 1.54) is 15.6 Å². The van der Waals surface area contributed by atoms with Crippen LogP contribution < -0.4 is 5.32 Å². The number of urea groups is 1. The van der Waals surface area contributed by atoms with Gasteiger partial charge < -0.3 is 15.0 Å². The third-order valence-corrected chi connectivity index (χ3v) is 9.56. The molecule has 2 aromatic rings. The van der Waals surface area contributed by atoms with Crippen molar-refractivity contribution in [3.05, 3.63) is 52.4 Å². The molecule has 33 heavy (non-hydrogen) atoms. The monoisotopic (exact) mass is 491 g/mol. The van der Waals surface area contributed by atoms with Crippen LogP contribution in [0, 0.1) is 12.8 Å². The summed E-state index contributed by atoms with van der Waals surface area (Å²) in [6, 6.07) is 10.8. The van der Waals surface area contributed by atoms with Crippen LogP contribution in [0.15, 0.2) is 40.6 Å². The molecule has 178 valence electrons. The number of piperidine rings is 1. The maximum atomic E-state index is 12.7. The van der Waals surface area contributed by atoms with Crippen LogP contribution in [0.25, 0.3) is 0 Å². The predicted molar refractivity (Wildman–Crippen MR) is 126 cm³/mol. The van der Waals surface area contributed by atoms with Gasteiger partial charge >= 0.3 is 6.03 Å². The Labute approximate surface area is 198 Å². The van der Waals surface area contributed by atoms with Crippen LogP contribution in [0.3, 0.4) is 0 Å². The highest BCUT2D eigenvalue weighted by Gasteiger charge is 2.29. The molecular weight excluding hydrogens is 462 g/mol. The summed E-state index contributed by atoms with van der Waals surface area (Å²) in [6.07, 6.45) is 1.28. The highest BCUT2D eigenvalue weighted by Crippen LogP contribution is 2.26. The van der Waals surface area contributed by atoms with E-state index in [9.17, 15) is 18.0 Å². The minimum atomic E-state index is -3.52. The van der Waals surface area contributed by atoms with E-state index in [0.717, 1.165) is 16.0 Å². The molecule has 2 aliphatic heterocycles. The molecule has 1 aromatic heterocycles. The molecule has 0 unspecified atom stereocenters. The van der Waals surface area contributed by atoms with Gasteiger partial charge in [0.1, 0.15) is 4.21 Å². The number of nitrogens with zero attached hydrogens (tertiary/aromatic N) is 2.